The first-order chi connectivity index (χ1) is 3.39. The van der Waals surface area contributed by atoms with Gasteiger partial charge in [-0.25, -0.2) is 0 Å². The van der Waals surface area contributed by atoms with Crippen LogP contribution < -0.4 is 5.06 Å². The molecule has 0 atom stereocenters. The molecule has 0 aliphatic carbocycles. The number of nitrogens with one attached hydrogen (secondary N) is 1. The van der Waals surface area contributed by atoms with Gasteiger partial charge in [-0.2, -0.15) is 0 Å². The number of hydrogen-bond acceptors (Lipinski definition) is 1. The van der Waals surface area contributed by atoms with Crippen molar-refractivity contribution in [2.24, 2.45) is 0 Å². The van der Waals surface area contributed by atoms with E-state index < -0.39 is 0 Å². The van der Waals surface area contributed by atoms with E-state index in [-0.39, 0.29) is 0 Å². The maximum absolute atomic E-state index is 10.4. The average molecular weight is 100 g/mol. The van der Waals surface area contributed by atoms with Gasteiger partial charge in [0.05, 0.1) is 13.1 Å². The average Bonchev–Trinajstić information content (AvgIpc) is 1.69. The topological polar surface area (TPSA) is 27.5 Å². The highest BCUT2D eigenvalue weighted by Gasteiger charge is 2.03. The summed E-state index contributed by atoms with van der Waals surface area (Å²) in [5.41, 5.74) is 0. The SMILES string of the molecule is [O-][NH+]1CC[CH]CC1. The Hall–Kier alpha value is -0.0800. The van der Waals surface area contributed by atoms with Gasteiger partial charge < -0.3 is 10.3 Å². The van der Waals surface area contributed by atoms with Gasteiger partial charge in [0.15, 0.2) is 0 Å². The smallest absolute Gasteiger partial charge is 0.0771 e. The number of hydrogen-bond donors (Lipinski definition) is 1. The molecule has 2 heteroatoms. The van der Waals surface area contributed by atoms with Crippen molar-refractivity contribution < 1.29 is 5.06 Å². The molecular weight excluding hydrogens is 90.1 g/mol. The predicted molar refractivity (Wildman–Crippen MR) is 27.6 cm³/mol. The van der Waals surface area contributed by atoms with Crippen LogP contribution in [0.25, 0.3) is 0 Å². The predicted octanol–water partition coefficient (Wildman–Crippen LogP) is -0.633. The number of quaternary nitrogens is 1. The van der Waals surface area contributed by atoms with E-state index in [1.54, 1.807) is 0 Å². The molecule has 41 valence electrons. The van der Waals surface area contributed by atoms with Gasteiger partial charge in [-0.05, 0) is 6.42 Å². The van der Waals surface area contributed by atoms with Crippen molar-refractivity contribution in [1.29, 1.82) is 0 Å². The monoisotopic (exact) mass is 100 g/mol. The molecule has 1 rings (SSSR count). The molecule has 2 nitrogen and oxygen atoms in total. The van der Waals surface area contributed by atoms with Crippen LogP contribution in [0.5, 0.6) is 0 Å². The fourth-order valence-corrected chi connectivity index (χ4v) is 0.795. The van der Waals surface area contributed by atoms with E-state index in [4.69, 9.17) is 0 Å². The Kier molecular flexibility index (Phi) is 1.65. The number of hydroxylamine groups is 2. The van der Waals surface area contributed by atoms with Gasteiger partial charge in [-0.3, -0.25) is 0 Å². The summed E-state index contributed by atoms with van der Waals surface area (Å²) in [6.45, 7) is 1.58. The van der Waals surface area contributed by atoms with Crippen LogP contribution in [0.1, 0.15) is 12.8 Å². The Morgan fingerprint density at radius 2 is 1.86 bits per heavy atom. The molecule has 1 saturated heterocycles. The molecular formula is C5H10NO. The van der Waals surface area contributed by atoms with Gasteiger partial charge in [0.2, 0.25) is 0 Å². The first-order valence-electron chi connectivity index (χ1n) is 2.73. The summed E-state index contributed by atoms with van der Waals surface area (Å²) >= 11 is 0. The van der Waals surface area contributed by atoms with E-state index in [2.05, 4.69) is 6.42 Å². The Balaban J connectivity index is 2.12. The van der Waals surface area contributed by atoms with E-state index in [1.165, 1.54) is 0 Å². The molecule has 1 radical (unpaired) electrons. The third-order valence-electron chi connectivity index (χ3n) is 1.25. The number of rotatable bonds is 0. The first kappa shape index (κ1) is 5.06. The van der Waals surface area contributed by atoms with Crippen molar-refractivity contribution in [3.05, 3.63) is 11.6 Å². The number of piperidine rings is 1. The molecule has 1 aliphatic heterocycles. The first-order valence-corrected chi connectivity index (χ1v) is 2.73. The summed E-state index contributed by atoms with van der Waals surface area (Å²) in [5, 5.41) is 10.9. The summed E-state index contributed by atoms with van der Waals surface area (Å²) in [4.78, 5) is 0. The van der Waals surface area contributed by atoms with Crippen LogP contribution in [0.4, 0.5) is 0 Å². The molecule has 0 spiro atoms. The van der Waals surface area contributed by atoms with Crippen molar-refractivity contribution in [2.45, 2.75) is 12.8 Å². The Labute approximate surface area is 43.7 Å². The second kappa shape index (κ2) is 2.28. The lowest BCUT2D eigenvalue weighted by Gasteiger charge is -2.25. The second-order valence-corrected chi connectivity index (χ2v) is 1.90. The normalized spacial score (nSPS) is 25.3. The van der Waals surface area contributed by atoms with Crippen LogP contribution >= 0.6 is 0 Å². The molecule has 1 fully saturated rings. The summed E-state index contributed by atoms with van der Waals surface area (Å²) < 4.78 is 0. The fraction of sp³-hybridized carbons (Fsp3) is 0.800. The lowest BCUT2D eigenvalue weighted by atomic mass is 10.2. The summed E-state index contributed by atoms with van der Waals surface area (Å²) in [7, 11) is 0. The molecule has 0 amide bonds. The highest BCUT2D eigenvalue weighted by Crippen LogP contribution is 1.91. The highest BCUT2D eigenvalue weighted by atomic mass is 16.5. The third-order valence-corrected chi connectivity index (χ3v) is 1.25. The standard InChI is InChI=1S/C5H10NO/c7-6-4-2-1-3-5-6/h1,6H,2-5H2. The largest absolute Gasteiger partial charge is 0.634 e. The van der Waals surface area contributed by atoms with Crippen LogP contribution in [0.2, 0.25) is 0 Å². The molecule has 1 N–H and O–H groups in total. The molecule has 0 unspecified atom stereocenters. The minimum atomic E-state index is 0.433. The van der Waals surface area contributed by atoms with Crippen molar-refractivity contribution >= 4 is 0 Å². The van der Waals surface area contributed by atoms with Crippen molar-refractivity contribution in [1.82, 2.24) is 0 Å². The molecule has 0 aromatic heterocycles. The van der Waals surface area contributed by atoms with E-state index in [0.717, 1.165) is 25.9 Å². The molecule has 0 aromatic rings. The molecule has 0 saturated carbocycles. The van der Waals surface area contributed by atoms with Gasteiger partial charge in [-0.15, -0.1) is 0 Å². The molecule has 0 bridgehead atoms. The molecule has 7 heavy (non-hydrogen) atoms. The van der Waals surface area contributed by atoms with Crippen molar-refractivity contribution in [3.8, 4) is 0 Å². The lowest BCUT2D eigenvalue weighted by Crippen LogP contribution is -3.08. The fourth-order valence-electron chi connectivity index (χ4n) is 0.795. The zero-order chi connectivity index (χ0) is 5.11. The van der Waals surface area contributed by atoms with E-state index in [1.807, 2.05) is 0 Å². The Morgan fingerprint density at radius 1 is 1.29 bits per heavy atom. The summed E-state index contributed by atoms with van der Waals surface area (Å²) in [6, 6.07) is 0. The molecule has 0 aromatic carbocycles. The third kappa shape index (κ3) is 1.45. The van der Waals surface area contributed by atoms with Crippen molar-refractivity contribution in [3.63, 3.8) is 0 Å². The van der Waals surface area contributed by atoms with E-state index >= 15 is 0 Å². The second-order valence-electron chi connectivity index (χ2n) is 1.90. The van der Waals surface area contributed by atoms with Gasteiger partial charge in [0.25, 0.3) is 0 Å². The molecule has 1 aliphatic rings. The van der Waals surface area contributed by atoms with E-state index in [0.29, 0.717) is 5.06 Å². The zero-order valence-electron chi connectivity index (χ0n) is 4.31. The van der Waals surface area contributed by atoms with Gasteiger partial charge >= 0.3 is 0 Å². The van der Waals surface area contributed by atoms with E-state index in [9.17, 15) is 5.21 Å². The van der Waals surface area contributed by atoms with Gasteiger partial charge in [0.1, 0.15) is 0 Å². The van der Waals surface area contributed by atoms with Crippen LogP contribution in [0.15, 0.2) is 0 Å². The minimum absolute atomic E-state index is 0.433. The van der Waals surface area contributed by atoms with Crippen LogP contribution in [-0.2, 0) is 0 Å². The van der Waals surface area contributed by atoms with Gasteiger partial charge in [0, 0.05) is 12.8 Å². The van der Waals surface area contributed by atoms with Crippen LogP contribution in [0, 0.1) is 11.6 Å². The highest BCUT2D eigenvalue weighted by molar-refractivity contribution is 4.65. The minimum Gasteiger partial charge on any atom is -0.634 e. The maximum Gasteiger partial charge on any atom is 0.0771 e. The maximum atomic E-state index is 10.4. The van der Waals surface area contributed by atoms with Crippen LogP contribution in [0.3, 0.4) is 0 Å². The zero-order valence-corrected chi connectivity index (χ0v) is 4.31. The van der Waals surface area contributed by atoms with Gasteiger partial charge in [-0.1, -0.05) is 0 Å². The molecule has 1 heterocycles. The summed E-state index contributed by atoms with van der Waals surface area (Å²) in [6.07, 6.45) is 4.21. The quantitative estimate of drug-likeness (QED) is 0.403. The Bertz CT molecular complexity index is 50.0. The lowest BCUT2D eigenvalue weighted by molar-refractivity contribution is -0.851. The van der Waals surface area contributed by atoms with Crippen molar-refractivity contribution in [2.75, 3.05) is 13.1 Å². The Morgan fingerprint density at radius 3 is 2.14 bits per heavy atom. The summed E-state index contributed by atoms with van der Waals surface area (Å²) in [5.74, 6) is 0. The van der Waals surface area contributed by atoms with Crippen LogP contribution in [-0.4, -0.2) is 13.1 Å².